The van der Waals surface area contributed by atoms with Crippen LogP contribution in [0.1, 0.15) is 0 Å². The van der Waals surface area contributed by atoms with E-state index in [0.29, 0.717) is 15.8 Å². The Bertz CT molecular complexity index is 739. The highest BCUT2D eigenvalue weighted by Crippen LogP contribution is 2.29. The molecular weight excluding hydrogens is 337 g/mol. The average molecular weight is 343 g/mol. The third kappa shape index (κ3) is 2.00. The minimum Gasteiger partial charge on any atom is -0.226 e. The summed E-state index contributed by atoms with van der Waals surface area (Å²) in [6.45, 7) is 0. The summed E-state index contributed by atoms with van der Waals surface area (Å²) in [5.74, 6) is 0. The first-order valence-corrected chi connectivity index (χ1v) is 6.66. The molecule has 3 rings (SSSR count). The number of hydrogen-bond acceptors (Lipinski definition) is 2. The number of hydrogen-bond donors (Lipinski definition) is 0. The van der Waals surface area contributed by atoms with Gasteiger partial charge in [-0.3, -0.25) is 0 Å². The second-order valence-corrected chi connectivity index (χ2v) is 5.34. The first kappa shape index (κ1) is 12.0. The van der Waals surface area contributed by atoms with Crippen LogP contribution in [0.15, 0.2) is 41.0 Å². The number of halogens is 3. The van der Waals surface area contributed by atoms with E-state index in [-0.39, 0.29) is 0 Å². The van der Waals surface area contributed by atoms with Crippen LogP contribution >= 0.6 is 39.1 Å². The van der Waals surface area contributed by atoms with Gasteiger partial charge in [0, 0.05) is 5.56 Å². The molecule has 3 nitrogen and oxygen atoms in total. The van der Waals surface area contributed by atoms with Crippen molar-refractivity contribution in [1.29, 1.82) is 0 Å². The van der Waals surface area contributed by atoms with Crippen LogP contribution in [0.5, 0.6) is 0 Å². The molecule has 0 aliphatic rings. The van der Waals surface area contributed by atoms with E-state index in [1.54, 1.807) is 16.8 Å². The maximum absolute atomic E-state index is 6.15. The van der Waals surface area contributed by atoms with E-state index < -0.39 is 0 Å². The standard InChI is InChI=1S/C12H6BrCl2N3/c13-8-5-11(15)17-18-6-10(16-12(8)18)7-3-1-2-4-9(7)14/h1-6H. The molecule has 0 spiro atoms. The Morgan fingerprint density at radius 3 is 2.72 bits per heavy atom. The van der Waals surface area contributed by atoms with Crippen molar-refractivity contribution in [3.8, 4) is 11.3 Å². The van der Waals surface area contributed by atoms with Gasteiger partial charge in [0.1, 0.15) is 0 Å². The van der Waals surface area contributed by atoms with E-state index in [4.69, 9.17) is 23.2 Å². The molecule has 2 heterocycles. The molecule has 0 amide bonds. The monoisotopic (exact) mass is 341 g/mol. The lowest BCUT2D eigenvalue weighted by Gasteiger charge is -1.97. The van der Waals surface area contributed by atoms with E-state index in [1.165, 1.54) is 0 Å². The molecule has 0 bridgehead atoms. The molecule has 90 valence electrons. The summed E-state index contributed by atoms with van der Waals surface area (Å²) in [7, 11) is 0. The number of benzene rings is 1. The fraction of sp³-hybridized carbons (Fsp3) is 0. The van der Waals surface area contributed by atoms with Crippen molar-refractivity contribution in [1.82, 2.24) is 14.6 Å². The quantitative estimate of drug-likeness (QED) is 0.653. The van der Waals surface area contributed by atoms with Crippen molar-refractivity contribution in [2.24, 2.45) is 0 Å². The first-order valence-electron chi connectivity index (χ1n) is 5.11. The predicted molar refractivity (Wildman–Crippen MR) is 76.1 cm³/mol. The number of nitrogens with zero attached hydrogens (tertiary/aromatic N) is 3. The fourth-order valence-corrected chi connectivity index (χ4v) is 2.75. The van der Waals surface area contributed by atoms with Crippen molar-refractivity contribution in [3.63, 3.8) is 0 Å². The molecule has 0 saturated carbocycles. The highest BCUT2D eigenvalue weighted by molar-refractivity contribution is 9.10. The first-order chi connectivity index (χ1) is 8.65. The molecule has 0 saturated heterocycles. The molecule has 0 unspecified atom stereocenters. The van der Waals surface area contributed by atoms with E-state index in [9.17, 15) is 0 Å². The third-order valence-electron chi connectivity index (χ3n) is 2.50. The van der Waals surface area contributed by atoms with Gasteiger partial charge in [0.05, 0.1) is 21.4 Å². The molecule has 1 aromatic carbocycles. The van der Waals surface area contributed by atoms with Crippen LogP contribution in [0.2, 0.25) is 10.2 Å². The Morgan fingerprint density at radius 2 is 1.94 bits per heavy atom. The average Bonchev–Trinajstić information content (AvgIpc) is 2.73. The SMILES string of the molecule is Clc1cc(Br)c2nc(-c3ccccc3Cl)cn2n1. The largest absolute Gasteiger partial charge is 0.226 e. The van der Waals surface area contributed by atoms with Gasteiger partial charge in [0.15, 0.2) is 10.8 Å². The van der Waals surface area contributed by atoms with Crippen molar-refractivity contribution in [3.05, 3.63) is 51.2 Å². The molecule has 6 heteroatoms. The van der Waals surface area contributed by atoms with E-state index in [0.717, 1.165) is 15.7 Å². The lowest BCUT2D eigenvalue weighted by molar-refractivity contribution is 0.932. The van der Waals surface area contributed by atoms with E-state index in [2.05, 4.69) is 26.0 Å². The van der Waals surface area contributed by atoms with Gasteiger partial charge in [-0.25, -0.2) is 9.50 Å². The van der Waals surface area contributed by atoms with Gasteiger partial charge in [-0.2, -0.15) is 5.10 Å². The topological polar surface area (TPSA) is 30.2 Å². The van der Waals surface area contributed by atoms with Gasteiger partial charge in [-0.1, -0.05) is 41.4 Å². The van der Waals surface area contributed by atoms with Crippen molar-refractivity contribution < 1.29 is 0 Å². The van der Waals surface area contributed by atoms with Crippen molar-refractivity contribution >= 4 is 44.8 Å². The molecule has 0 fully saturated rings. The molecule has 0 aliphatic heterocycles. The number of imidazole rings is 1. The van der Waals surface area contributed by atoms with Crippen LogP contribution < -0.4 is 0 Å². The number of aromatic nitrogens is 3. The summed E-state index contributed by atoms with van der Waals surface area (Å²) in [6.07, 6.45) is 1.80. The molecule has 0 aliphatic carbocycles. The second kappa shape index (κ2) is 4.53. The van der Waals surface area contributed by atoms with Crippen LogP contribution in [-0.2, 0) is 0 Å². The second-order valence-electron chi connectivity index (χ2n) is 3.69. The zero-order chi connectivity index (χ0) is 12.7. The van der Waals surface area contributed by atoms with Crippen molar-refractivity contribution in [2.45, 2.75) is 0 Å². The maximum Gasteiger partial charge on any atom is 0.168 e. The van der Waals surface area contributed by atoms with Crippen LogP contribution in [0.25, 0.3) is 16.9 Å². The Balaban J connectivity index is 2.26. The number of fused-ring (bicyclic) bond motifs is 1. The van der Waals surface area contributed by atoms with Crippen molar-refractivity contribution in [2.75, 3.05) is 0 Å². The van der Waals surface area contributed by atoms with Gasteiger partial charge in [0.25, 0.3) is 0 Å². The summed E-state index contributed by atoms with van der Waals surface area (Å²) >= 11 is 15.5. The van der Waals surface area contributed by atoms with Gasteiger partial charge in [-0.05, 0) is 28.1 Å². The molecule has 0 N–H and O–H groups in total. The lowest BCUT2D eigenvalue weighted by atomic mass is 10.2. The number of rotatable bonds is 1. The zero-order valence-corrected chi connectivity index (χ0v) is 12.0. The highest BCUT2D eigenvalue weighted by atomic mass is 79.9. The third-order valence-corrected chi connectivity index (χ3v) is 3.60. The minimum atomic E-state index is 0.400. The van der Waals surface area contributed by atoms with Crippen LogP contribution in [0, 0.1) is 0 Å². The van der Waals surface area contributed by atoms with E-state index in [1.807, 2.05) is 24.3 Å². The van der Waals surface area contributed by atoms with Crippen LogP contribution in [0.3, 0.4) is 0 Å². The minimum absolute atomic E-state index is 0.400. The predicted octanol–water partition coefficient (Wildman–Crippen LogP) is 4.47. The van der Waals surface area contributed by atoms with Gasteiger partial charge in [0.2, 0.25) is 0 Å². The summed E-state index contributed by atoms with van der Waals surface area (Å²) in [5, 5.41) is 5.21. The molecule has 18 heavy (non-hydrogen) atoms. The van der Waals surface area contributed by atoms with Gasteiger partial charge >= 0.3 is 0 Å². The van der Waals surface area contributed by atoms with E-state index >= 15 is 0 Å². The summed E-state index contributed by atoms with van der Waals surface area (Å²) in [6, 6.07) is 9.25. The van der Waals surface area contributed by atoms with Gasteiger partial charge in [-0.15, -0.1) is 0 Å². The Labute approximate surface area is 121 Å². The Morgan fingerprint density at radius 1 is 1.17 bits per heavy atom. The Kier molecular flexibility index (Phi) is 3.01. The van der Waals surface area contributed by atoms with Crippen LogP contribution in [0.4, 0.5) is 0 Å². The molecule has 3 aromatic rings. The smallest absolute Gasteiger partial charge is 0.168 e. The van der Waals surface area contributed by atoms with Gasteiger partial charge < -0.3 is 0 Å². The summed E-state index contributed by atoms with van der Waals surface area (Å²) in [4.78, 5) is 4.49. The normalized spacial score (nSPS) is 11.1. The molecule has 0 radical (unpaired) electrons. The zero-order valence-electron chi connectivity index (χ0n) is 8.94. The summed E-state index contributed by atoms with van der Waals surface area (Å²) in [5.41, 5.74) is 2.33. The molecule has 0 atom stereocenters. The maximum atomic E-state index is 6.15. The summed E-state index contributed by atoms with van der Waals surface area (Å²) < 4.78 is 2.42. The molecule has 2 aromatic heterocycles. The Hall–Kier alpha value is -1.10. The molecular formula is C12H6BrCl2N3. The van der Waals surface area contributed by atoms with Crippen LogP contribution in [-0.4, -0.2) is 14.6 Å². The highest BCUT2D eigenvalue weighted by Gasteiger charge is 2.11. The lowest BCUT2D eigenvalue weighted by Crippen LogP contribution is -1.90. The fourth-order valence-electron chi connectivity index (χ4n) is 1.71.